The summed E-state index contributed by atoms with van der Waals surface area (Å²) in [5, 5.41) is 17.5. The van der Waals surface area contributed by atoms with Crippen LogP contribution < -0.4 is 5.32 Å². The zero-order valence-corrected chi connectivity index (χ0v) is 12.3. The number of likely N-dealkylation sites (tertiary alicyclic amines) is 1. The number of hydrogen-bond donors (Lipinski definition) is 2. The SMILES string of the molecule is CC(NC1CCN(CC(=O)N(C)C)CC1)c1nn[nH]n1. The van der Waals surface area contributed by atoms with Gasteiger partial charge in [0.2, 0.25) is 5.91 Å². The van der Waals surface area contributed by atoms with E-state index in [4.69, 9.17) is 0 Å². The first-order valence-electron chi connectivity index (χ1n) is 6.98. The Morgan fingerprint density at radius 1 is 1.50 bits per heavy atom. The van der Waals surface area contributed by atoms with Gasteiger partial charge in [0.1, 0.15) is 0 Å². The third kappa shape index (κ3) is 3.97. The van der Waals surface area contributed by atoms with Crippen LogP contribution in [-0.4, -0.2) is 76.1 Å². The minimum Gasteiger partial charge on any atom is -0.348 e. The molecule has 1 aliphatic heterocycles. The molecule has 1 aliphatic rings. The number of H-pyrrole nitrogens is 1. The first kappa shape index (κ1) is 14.9. The Labute approximate surface area is 118 Å². The number of aromatic nitrogens is 4. The van der Waals surface area contributed by atoms with Gasteiger partial charge in [-0.1, -0.05) is 5.21 Å². The molecule has 20 heavy (non-hydrogen) atoms. The third-order valence-corrected chi connectivity index (χ3v) is 3.68. The van der Waals surface area contributed by atoms with Crippen LogP contribution in [0.5, 0.6) is 0 Å². The highest BCUT2D eigenvalue weighted by Gasteiger charge is 2.23. The van der Waals surface area contributed by atoms with Crippen molar-refractivity contribution in [3.05, 3.63) is 5.82 Å². The molecule has 0 saturated carbocycles. The second kappa shape index (κ2) is 6.76. The predicted octanol–water partition coefficient (Wildman–Crippen LogP) is -0.597. The highest BCUT2D eigenvalue weighted by atomic mass is 16.2. The summed E-state index contributed by atoms with van der Waals surface area (Å²) >= 11 is 0. The van der Waals surface area contributed by atoms with E-state index in [1.54, 1.807) is 19.0 Å². The topological polar surface area (TPSA) is 90.0 Å². The van der Waals surface area contributed by atoms with Crippen LogP contribution in [0.1, 0.15) is 31.6 Å². The number of carbonyl (C=O) groups excluding carboxylic acids is 1. The maximum atomic E-state index is 11.7. The average Bonchev–Trinajstić information content (AvgIpc) is 2.95. The van der Waals surface area contributed by atoms with E-state index in [1.165, 1.54) is 0 Å². The molecule has 0 bridgehead atoms. The van der Waals surface area contributed by atoms with Crippen molar-refractivity contribution in [1.82, 2.24) is 35.7 Å². The molecule has 0 radical (unpaired) electrons. The molecule has 2 heterocycles. The van der Waals surface area contributed by atoms with Crippen LogP contribution in [0.3, 0.4) is 0 Å². The second-order valence-corrected chi connectivity index (χ2v) is 5.50. The van der Waals surface area contributed by atoms with Crippen molar-refractivity contribution in [2.45, 2.75) is 31.8 Å². The van der Waals surface area contributed by atoms with E-state index in [2.05, 4.69) is 30.8 Å². The molecular formula is C12H23N7O. The maximum absolute atomic E-state index is 11.7. The normalized spacial score (nSPS) is 18.9. The summed E-state index contributed by atoms with van der Waals surface area (Å²) in [5.41, 5.74) is 0. The summed E-state index contributed by atoms with van der Waals surface area (Å²) in [4.78, 5) is 15.5. The summed E-state index contributed by atoms with van der Waals surface area (Å²) < 4.78 is 0. The van der Waals surface area contributed by atoms with Crippen molar-refractivity contribution < 1.29 is 4.79 Å². The summed E-state index contributed by atoms with van der Waals surface area (Å²) in [6.45, 7) is 4.43. The highest BCUT2D eigenvalue weighted by molar-refractivity contribution is 5.77. The van der Waals surface area contributed by atoms with Gasteiger partial charge < -0.3 is 10.2 Å². The third-order valence-electron chi connectivity index (χ3n) is 3.68. The van der Waals surface area contributed by atoms with Gasteiger partial charge in [-0.05, 0) is 19.8 Å². The average molecular weight is 281 g/mol. The molecule has 0 aromatic carbocycles. The maximum Gasteiger partial charge on any atom is 0.236 e. The van der Waals surface area contributed by atoms with Crippen LogP contribution in [0.15, 0.2) is 0 Å². The number of nitrogens with one attached hydrogen (secondary N) is 2. The fourth-order valence-corrected chi connectivity index (χ4v) is 2.37. The lowest BCUT2D eigenvalue weighted by molar-refractivity contribution is -0.130. The Morgan fingerprint density at radius 3 is 2.75 bits per heavy atom. The van der Waals surface area contributed by atoms with Gasteiger partial charge in [-0.2, -0.15) is 5.21 Å². The van der Waals surface area contributed by atoms with Crippen LogP contribution in [0.25, 0.3) is 0 Å². The molecule has 8 heteroatoms. The van der Waals surface area contributed by atoms with Gasteiger partial charge in [0, 0.05) is 33.2 Å². The van der Waals surface area contributed by atoms with E-state index in [0.29, 0.717) is 18.4 Å². The molecule has 0 spiro atoms. The van der Waals surface area contributed by atoms with Crippen LogP contribution >= 0.6 is 0 Å². The van der Waals surface area contributed by atoms with Crippen LogP contribution in [0, 0.1) is 0 Å². The molecule has 1 unspecified atom stereocenters. The van der Waals surface area contributed by atoms with Crippen LogP contribution in [-0.2, 0) is 4.79 Å². The number of rotatable bonds is 5. The Hall–Kier alpha value is -1.54. The molecule has 8 nitrogen and oxygen atoms in total. The molecule has 1 aromatic rings. The summed E-state index contributed by atoms with van der Waals surface area (Å²) in [6.07, 6.45) is 2.06. The van der Waals surface area contributed by atoms with Gasteiger partial charge in [0.25, 0.3) is 0 Å². The highest BCUT2D eigenvalue weighted by Crippen LogP contribution is 2.14. The summed E-state index contributed by atoms with van der Waals surface area (Å²) in [5.74, 6) is 0.854. The lowest BCUT2D eigenvalue weighted by Gasteiger charge is -2.33. The summed E-state index contributed by atoms with van der Waals surface area (Å²) in [6, 6.07) is 0.530. The quantitative estimate of drug-likeness (QED) is 0.749. The van der Waals surface area contributed by atoms with Gasteiger partial charge in [-0.3, -0.25) is 9.69 Å². The minimum absolute atomic E-state index is 0.0914. The van der Waals surface area contributed by atoms with Gasteiger partial charge in [-0.25, -0.2) is 0 Å². The van der Waals surface area contributed by atoms with Crippen LogP contribution in [0.2, 0.25) is 0 Å². The van der Waals surface area contributed by atoms with Crippen molar-refractivity contribution in [1.29, 1.82) is 0 Å². The zero-order chi connectivity index (χ0) is 14.5. The number of nitrogens with zero attached hydrogens (tertiary/aromatic N) is 5. The Kier molecular flexibility index (Phi) is 5.02. The van der Waals surface area contributed by atoms with Crippen molar-refractivity contribution in [3.8, 4) is 0 Å². The Bertz CT molecular complexity index is 411. The molecule has 1 fully saturated rings. The fraction of sp³-hybridized carbons (Fsp3) is 0.833. The number of aromatic amines is 1. The van der Waals surface area contributed by atoms with Crippen molar-refractivity contribution in [3.63, 3.8) is 0 Å². The van der Waals surface area contributed by atoms with Gasteiger partial charge >= 0.3 is 0 Å². The number of amides is 1. The first-order chi connectivity index (χ1) is 9.56. The smallest absolute Gasteiger partial charge is 0.236 e. The predicted molar refractivity (Wildman–Crippen MR) is 73.9 cm³/mol. The number of likely N-dealkylation sites (N-methyl/N-ethyl adjacent to an activating group) is 1. The van der Waals surface area contributed by atoms with Gasteiger partial charge in [0.05, 0.1) is 12.6 Å². The molecule has 1 amide bonds. The van der Waals surface area contributed by atoms with Crippen molar-refractivity contribution in [2.24, 2.45) is 0 Å². The molecule has 112 valence electrons. The van der Waals surface area contributed by atoms with E-state index in [0.717, 1.165) is 25.9 Å². The number of tetrazole rings is 1. The molecule has 2 N–H and O–H groups in total. The van der Waals surface area contributed by atoms with E-state index < -0.39 is 0 Å². The first-order valence-corrected chi connectivity index (χ1v) is 6.98. The standard InChI is InChI=1S/C12H23N7O/c1-9(12-14-16-17-15-12)13-10-4-6-19(7-5-10)8-11(20)18(2)3/h9-10,13H,4-8H2,1-3H3,(H,14,15,16,17). The molecule has 2 rings (SSSR count). The lowest BCUT2D eigenvalue weighted by atomic mass is 10.0. The molecule has 1 aromatic heterocycles. The van der Waals surface area contributed by atoms with Gasteiger partial charge in [0.15, 0.2) is 5.82 Å². The fourth-order valence-electron chi connectivity index (χ4n) is 2.37. The molecular weight excluding hydrogens is 258 g/mol. The second-order valence-electron chi connectivity index (χ2n) is 5.50. The van der Waals surface area contributed by atoms with E-state index in [-0.39, 0.29) is 11.9 Å². The van der Waals surface area contributed by atoms with Crippen LogP contribution in [0.4, 0.5) is 0 Å². The van der Waals surface area contributed by atoms with Crippen molar-refractivity contribution >= 4 is 5.91 Å². The monoisotopic (exact) mass is 281 g/mol. The number of hydrogen-bond acceptors (Lipinski definition) is 6. The number of carbonyl (C=O) groups is 1. The van der Waals surface area contributed by atoms with E-state index in [9.17, 15) is 4.79 Å². The lowest BCUT2D eigenvalue weighted by Crippen LogP contribution is -2.46. The largest absolute Gasteiger partial charge is 0.348 e. The molecule has 0 aliphatic carbocycles. The Balaban J connectivity index is 1.73. The number of piperidine rings is 1. The Morgan fingerprint density at radius 2 is 2.20 bits per heavy atom. The zero-order valence-electron chi connectivity index (χ0n) is 12.3. The van der Waals surface area contributed by atoms with E-state index in [1.807, 2.05) is 6.92 Å². The van der Waals surface area contributed by atoms with E-state index >= 15 is 0 Å². The summed E-state index contributed by atoms with van der Waals surface area (Å²) in [7, 11) is 3.59. The molecule has 1 atom stereocenters. The molecule has 1 saturated heterocycles. The van der Waals surface area contributed by atoms with Crippen molar-refractivity contribution in [2.75, 3.05) is 33.7 Å². The van der Waals surface area contributed by atoms with Gasteiger partial charge in [-0.15, -0.1) is 10.2 Å². The minimum atomic E-state index is 0.0914.